The summed E-state index contributed by atoms with van der Waals surface area (Å²) in [6, 6.07) is 10.1. The van der Waals surface area contributed by atoms with Crippen LogP contribution >= 0.6 is 0 Å². The molecule has 0 spiro atoms. The fraction of sp³-hybridized carbons (Fsp3) is 0.200. The molecule has 110 valence electrons. The summed E-state index contributed by atoms with van der Waals surface area (Å²) in [4.78, 5) is 22.0. The Morgan fingerprint density at radius 2 is 2.00 bits per heavy atom. The van der Waals surface area contributed by atoms with E-state index in [1.807, 2.05) is 35.6 Å². The van der Waals surface area contributed by atoms with Crippen LogP contribution in [0.1, 0.15) is 18.6 Å². The third-order valence-corrected chi connectivity index (χ3v) is 2.97. The van der Waals surface area contributed by atoms with Crippen LogP contribution in [0.5, 0.6) is 5.75 Å². The minimum atomic E-state index is -0.933. The predicted octanol–water partition coefficient (Wildman–Crippen LogP) is 1.47. The molecule has 0 saturated heterocycles. The Balaban J connectivity index is 2.33. The number of carbonyl (C=O) groups excluding carboxylic acids is 2. The highest BCUT2D eigenvalue weighted by Gasteiger charge is 2.14. The van der Waals surface area contributed by atoms with Gasteiger partial charge in [0.2, 0.25) is 0 Å². The van der Waals surface area contributed by atoms with Crippen LogP contribution in [-0.2, 0) is 4.79 Å². The second-order valence-corrected chi connectivity index (χ2v) is 4.58. The number of ether oxygens (including phenoxy) is 1. The highest BCUT2D eigenvalue weighted by Crippen LogP contribution is 2.33. The van der Waals surface area contributed by atoms with Crippen LogP contribution in [0.3, 0.4) is 0 Å². The molecule has 0 aliphatic heterocycles. The zero-order chi connectivity index (χ0) is 15.4. The standard InChI is InChI=1S/C15H16N2O4/c1-9(18)11-7-6-10-4-2-3-5-12(10)14(11)21-8-13(19)17-15(16)20/h2-7,9,18H,8H2,1H3,(H3,16,17,19,20)/t9-/m0/s1. The molecule has 0 unspecified atom stereocenters. The summed E-state index contributed by atoms with van der Waals surface area (Å²) in [5.41, 5.74) is 5.43. The van der Waals surface area contributed by atoms with Crippen LogP contribution in [0.25, 0.3) is 10.8 Å². The van der Waals surface area contributed by atoms with Crippen molar-refractivity contribution in [3.63, 3.8) is 0 Å². The molecule has 6 heteroatoms. The average molecular weight is 288 g/mol. The van der Waals surface area contributed by atoms with E-state index in [2.05, 4.69) is 0 Å². The first-order valence-corrected chi connectivity index (χ1v) is 6.41. The first-order valence-electron chi connectivity index (χ1n) is 6.41. The van der Waals surface area contributed by atoms with Crippen molar-refractivity contribution in [2.45, 2.75) is 13.0 Å². The quantitative estimate of drug-likeness (QED) is 0.792. The fourth-order valence-electron chi connectivity index (χ4n) is 2.06. The van der Waals surface area contributed by atoms with Crippen molar-refractivity contribution >= 4 is 22.7 Å². The van der Waals surface area contributed by atoms with Gasteiger partial charge in [0, 0.05) is 10.9 Å². The van der Waals surface area contributed by atoms with E-state index in [0.29, 0.717) is 11.3 Å². The maximum absolute atomic E-state index is 11.4. The van der Waals surface area contributed by atoms with Gasteiger partial charge in [-0.25, -0.2) is 4.79 Å². The zero-order valence-corrected chi connectivity index (χ0v) is 11.5. The van der Waals surface area contributed by atoms with E-state index in [1.54, 1.807) is 13.0 Å². The molecular formula is C15H16N2O4. The minimum absolute atomic E-state index is 0.364. The number of amides is 3. The summed E-state index contributed by atoms with van der Waals surface area (Å²) < 4.78 is 5.49. The molecule has 2 aromatic rings. The Bertz CT molecular complexity index is 682. The maximum Gasteiger partial charge on any atom is 0.318 e. The molecule has 0 aliphatic rings. The third-order valence-electron chi connectivity index (χ3n) is 2.97. The van der Waals surface area contributed by atoms with Crippen molar-refractivity contribution < 1.29 is 19.4 Å². The van der Waals surface area contributed by atoms with Gasteiger partial charge >= 0.3 is 6.03 Å². The lowest BCUT2D eigenvalue weighted by molar-refractivity contribution is -0.121. The lowest BCUT2D eigenvalue weighted by atomic mass is 10.0. The largest absolute Gasteiger partial charge is 0.483 e. The van der Waals surface area contributed by atoms with Gasteiger partial charge in [0.25, 0.3) is 5.91 Å². The molecule has 0 saturated carbocycles. The Morgan fingerprint density at radius 3 is 2.67 bits per heavy atom. The van der Waals surface area contributed by atoms with Crippen molar-refractivity contribution in [2.75, 3.05) is 6.61 Å². The average Bonchev–Trinajstić information content (AvgIpc) is 2.43. The summed E-state index contributed by atoms with van der Waals surface area (Å²) in [7, 11) is 0. The molecule has 4 N–H and O–H groups in total. The molecule has 6 nitrogen and oxygen atoms in total. The predicted molar refractivity (Wildman–Crippen MR) is 77.8 cm³/mol. The number of aliphatic hydroxyl groups excluding tert-OH is 1. The number of hydrogen-bond acceptors (Lipinski definition) is 4. The molecule has 21 heavy (non-hydrogen) atoms. The van der Waals surface area contributed by atoms with E-state index in [4.69, 9.17) is 10.5 Å². The Morgan fingerprint density at radius 1 is 1.29 bits per heavy atom. The van der Waals surface area contributed by atoms with Crippen molar-refractivity contribution in [3.8, 4) is 5.75 Å². The fourth-order valence-corrected chi connectivity index (χ4v) is 2.06. The van der Waals surface area contributed by atoms with Gasteiger partial charge in [-0.3, -0.25) is 10.1 Å². The summed E-state index contributed by atoms with van der Waals surface area (Å²) in [5, 5.41) is 13.4. The van der Waals surface area contributed by atoms with Crippen LogP contribution in [0.2, 0.25) is 0 Å². The highest BCUT2D eigenvalue weighted by molar-refractivity contribution is 5.95. The van der Waals surface area contributed by atoms with Crippen molar-refractivity contribution in [3.05, 3.63) is 42.0 Å². The van der Waals surface area contributed by atoms with Gasteiger partial charge < -0.3 is 15.6 Å². The topological polar surface area (TPSA) is 102 Å². The van der Waals surface area contributed by atoms with Gasteiger partial charge in [-0.05, 0) is 12.3 Å². The lowest BCUT2D eigenvalue weighted by Gasteiger charge is -2.15. The van der Waals surface area contributed by atoms with Gasteiger partial charge in [-0.15, -0.1) is 0 Å². The van der Waals surface area contributed by atoms with E-state index in [-0.39, 0.29) is 6.61 Å². The molecule has 0 aromatic heterocycles. The summed E-state index contributed by atoms with van der Waals surface area (Å²) >= 11 is 0. The van der Waals surface area contributed by atoms with Crippen LogP contribution in [-0.4, -0.2) is 23.7 Å². The summed E-state index contributed by atoms with van der Waals surface area (Å²) in [6.07, 6.45) is -0.746. The molecule has 2 aromatic carbocycles. The van der Waals surface area contributed by atoms with E-state index in [1.165, 1.54) is 0 Å². The normalized spacial score (nSPS) is 11.9. The Kier molecular flexibility index (Phi) is 4.39. The van der Waals surface area contributed by atoms with Gasteiger partial charge in [0.15, 0.2) is 6.61 Å². The molecular weight excluding hydrogens is 272 g/mol. The number of nitrogens with one attached hydrogen (secondary N) is 1. The summed E-state index contributed by atoms with van der Waals surface area (Å²) in [6.45, 7) is 1.25. The van der Waals surface area contributed by atoms with E-state index >= 15 is 0 Å². The second kappa shape index (κ2) is 6.23. The second-order valence-electron chi connectivity index (χ2n) is 4.58. The smallest absolute Gasteiger partial charge is 0.318 e. The van der Waals surface area contributed by atoms with E-state index in [9.17, 15) is 14.7 Å². The Hall–Kier alpha value is -2.60. The number of rotatable bonds is 4. The van der Waals surface area contributed by atoms with Crippen LogP contribution in [0.15, 0.2) is 36.4 Å². The van der Waals surface area contributed by atoms with Gasteiger partial charge in [0.1, 0.15) is 5.75 Å². The molecule has 0 aliphatic carbocycles. The van der Waals surface area contributed by atoms with Crippen LogP contribution in [0, 0.1) is 0 Å². The van der Waals surface area contributed by atoms with Gasteiger partial charge in [-0.2, -0.15) is 0 Å². The number of imide groups is 1. The van der Waals surface area contributed by atoms with Crippen LogP contribution in [0.4, 0.5) is 4.79 Å². The number of carbonyl (C=O) groups is 2. The van der Waals surface area contributed by atoms with Crippen molar-refractivity contribution in [2.24, 2.45) is 5.73 Å². The molecule has 0 radical (unpaired) electrons. The molecule has 0 fully saturated rings. The third kappa shape index (κ3) is 3.49. The van der Waals surface area contributed by atoms with Gasteiger partial charge in [0.05, 0.1) is 6.10 Å². The maximum atomic E-state index is 11.4. The summed E-state index contributed by atoms with van der Waals surface area (Å²) in [5.74, 6) is -0.227. The number of benzene rings is 2. The molecule has 1 atom stereocenters. The first kappa shape index (κ1) is 14.8. The number of fused-ring (bicyclic) bond motifs is 1. The number of hydrogen-bond donors (Lipinski definition) is 3. The van der Waals surface area contributed by atoms with Gasteiger partial charge in [-0.1, -0.05) is 36.4 Å². The highest BCUT2D eigenvalue weighted by atomic mass is 16.5. The van der Waals surface area contributed by atoms with E-state index in [0.717, 1.165) is 10.8 Å². The SMILES string of the molecule is C[C@H](O)c1ccc2ccccc2c1OCC(=O)NC(N)=O. The monoisotopic (exact) mass is 288 g/mol. The molecule has 2 rings (SSSR count). The minimum Gasteiger partial charge on any atom is -0.483 e. The number of urea groups is 1. The lowest BCUT2D eigenvalue weighted by Crippen LogP contribution is -2.38. The molecule has 0 heterocycles. The molecule has 3 amide bonds. The van der Waals surface area contributed by atoms with Crippen LogP contribution < -0.4 is 15.8 Å². The molecule has 0 bridgehead atoms. The van der Waals surface area contributed by atoms with Crippen molar-refractivity contribution in [1.82, 2.24) is 5.32 Å². The number of aliphatic hydroxyl groups is 1. The Labute approximate surface area is 121 Å². The number of nitrogens with two attached hydrogens (primary N) is 1. The van der Waals surface area contributed by atoms with Crippen molar-refractivity contribution in [1.29, 1.82) is 0 Å². The first-order chi connectivity index (χ1) is 9.99. The number of primary amides is 1. The zero-order valence-electron chi connectivity index (χ0n) is 11.5. The van der Waals surface area contributed by atoms with E-state index < -0.39 is 18.0 Å².